The maximum Gasteiger partial charge on any atom is 0.191 e. The predicted molar refractivity (Wildman–Crippen MR) is 122 cm³/mol. The first-order chi connectivity index (χ1) is 12.7. The normalized spacial score (nSPS) is 11.3. The van der Waals surface area contributed by atoms with E-state index in [4.69, 9.17) is 4.74 Å². The highest BCUT2D eigenvalue weighted by Crippen LogP contribution is 2.07. The zero-order chi connectivity index (χ0) is 18.6. The Balaban J connectivity index is 0.00000364. The highest BCUT2D eigenvalue weighted by Gasteiger charge is 2.02. The van der Waals surface area contributed by atoms with Crippen LogP contribution in [0.5, 0.6) is 0 Å². The van der Waals surface area contributed by atoms with Gasteiger partial charge in [-0.05, 0) is 37.5 Å². The van der Waals surface area contributed by atoms with Crippen LogP contribution in [-0.2, 0) is 11.3 Å². The highest BCUT2D eigenvalue weighted by molar-refractivity contribution is 14.0. The lowest BCUT2D eigenvalue weighted by molar-refractivity contribution is 0.108. The molecule has 6 nitrogen and oxygen atoms in total. The topological polar surface area (TPSA) is 63.5 Å². The molecule has 27 heavy (non-hydrogen) atoms. The fourth-order valence-corrected chi connectivity index (χ4v) is 2.37. The number of nitrogens with one attached hydrogen (secondary N) is 2. The third-order valence-corrected chi connectivity index (χ3v) is 3.62. The minimum absolute atomic E-state index is 0. The van der Waals surface area contributed by atoms with Gasteiger partial charge in [0.15, 0.2) is 5.96 Å². The van der Waals surface area contributed by atoms with Gasteiger partial charge in [0, 0.05) is 32.5 Å². The molecule has 1 heterocycles. The van der Waals surface area contributed by atoms with Crippen LogP contribution in [0.2, 0.25) is 0 Å². The second kappa shape index (κ2) is 13.5. The second-order valence-electron chi connectivity index (χ2n) is 6.53. The number of benzene rings is 1. The van der Waals surface area contributed by atoms with Crippen molar-refractivity contribution < 1.29 is 4.74 Å². The van der Waals surface area contributed by atoms with Crippen molar-refractivity contribution in [3.63, 3.8) is 0 Å². The molecular formula is C20H32IN5O. The molecule has 2 rings (SSSR count). The third kappa shape index (κ3) is 9.23. The molecule has 2 aromatic rings. The van der Waals surface area contributed by atoms with E-state index < -0.39 is 0 Å². The molecule has 1 aromatic carbocycles. The summed E-state index contributed by atoms with van der Waals surface area (Å²) in [7, 11) is 0. The molecule has 0 spiro atoms. The third-order valence-electron chi connectivity index (χ3n) is 3.62. The van der Waals surface area contributed by atoms with E-state index in [-0.39, 0.29) is 24.0 Å². The highest BCUT2D eigenvalue weighted by atomic mass is 127. The zero-order valence-corrected chi connectivity index (χ0v) is 18.8. The van der Waals surface area contributed by atoms with Crippen LogP contribution < -0.4 is 10.6 Å². The summed E-state index contributed by atoms with van der Waals surface area (Å²) < 4.78 is 7.47. The van der Waals surface area contributed by atoms with Crippen LogP contribution in [0.3, 0.4) is 0 Å². The van der Waals surface area contributed by atoms with Gasteiger partial charge in [-0.1, -0.05) is 32.0 Å². The Morgan fingerprint density at radius 1 is 1.19 bits per heavy atom. The number of aromatic nitrogens is 2. The fraction of sp³-hybridized carbons (Fsp3) is 0.500. The van der Waals surface area contributed by atoms with Crippen molar-refractivity contribution in [1.82, 2.24) is 20.4 Å². The van der Waals surface area contributed by atoms with Crippen molar-refractivity contribution in [3.8, 4) is 5.69 Å². The second-order valence-corrected chi connectivity index (χ2v) is 6.53. The van der Waals surface area contributed by atoms with Crippen LogP contribution in [0.4, 0.5) is 0 Å². The van der Waals surface area contributed by atoms with Crippen LogP contribution in [0.1, 0.15) is 32.9 Å². The maximum atomic E-state index is 5.60. The average Bonchev–Trinajstić information content (AvgIpc) is 3.12. The van der Waals surface area contributed by atoms with Crippen molar-refractivity contribution in [1.29, 1.82) is 0 Å². The van der Waals surface area contributed by atoms with E-state index in [1.165, 1.54) is 0 Å². The number of ether oxygens (including phenoxy) is 1. The summed E-state index contributed by atoms with van der Waals surface area (Å²) in [6.07, 6.45) is 2.92. The molecule has 0 aliphatic carbocycles. The quantitative estimate of drug-likeness (QED) is 0.234. The van der Waals surface area contributed by atoms with E-state index >= 15 is 0 Å². The van der Waals surface area contributed by atoms with Gasteiger partial charge >= 0.3 is 0 Å². The summed E-state index contributed by atoms with van der Waals surface area (Å²) in [5.74, 6) is 1.39. The first-order valence-corrected chi connectivity index (χ1v) is 9.39. The molecule has 2 N–H and O–H groups in total. The Bertz CT molecular complexity index is 657. The number of aliphatic imine (C=N–C) groups is 1. The lowest BCUT2D eigenvalue weighted by Crippen LogP contribution is -2.38. The summed E-state index contributed by atoms with van der Waals surface area (Å²) in [6, 6.07) is 12.1. The van der Waals surface area contributed by atoms with E-state index in [0.717, 1.165) is 50.1 Å². The maximum absolute atomic E-state index is 5.60. The largest absolute Gasteiger partial charge is 0.381 e. The average molecular weight is 485 g/mol. The van der Waals surface area contributed by atoms with Gasteiger partial charge in [0.25, 0.3) is 0 Å². The molecule has 0 aliphatic heterocycles. The molecule has 0 saturated carbocycles. The molecule has 0 amide bonds. The Hall–Kier alpha value is -1.61. The standard InChI is InChI=1S/C20H31N5O.HI/c1-4-21-20(22-12-8-14-26-16-17(2)3)23-15-18-11-13-25(24-18)19-9-6-5-7-10-19;/h5-7,9-11,13,17H,4,8,12,14-16H2,1-3H3,(H2,21,22,23);1H. The fourth-order valence-electron chi connectivity index (χ4n) is 2.37. The van der Waals surface area contributed by atoms with Gasteiger partial charge in [-0.15, -0.1) is 24.0 Å². The van der Waals surface area contributed by atoms with E-state index in [9.17, 15) is 0 Å². The van der Waals surface area contributed by atoms with Gasteiger partial charge in [0.05, 0.1) is 17.9 Å². The number of hydrogen-bond acceptors (Lipinski definition) is 3. The first kappa shape index (κ1) is 23.4. The van der Waals surface area contributed by atoms with Crippen molar-refractivity contribution in [3.05, 3.63) is 48.3 Å². The van der Waals surface area contributed by atoms with Crippen LogP contribution in [0, 0.1) is 5.92 Å². The molecule has 0 aliphatic rings. The predicted octanol–water partition coefficient (Wildman–Crippen LogP) is 3.61. The molecule has 0 atom stereocenters. The number of hydrogen-bond donors (Lipinski definition) is 2. The van der Waals surface area contributed by atoms with Crippen molar-refractivity contribution in [2.45, 2.75) is 33.7 Å². The van der Waals surface area contributed by atoms with Crippen LogP contribution in [0.25, 0.3) is 5.69 Å². The minimum Gasteiger partial charge on any atom is -0.381 e. The summed E-state index contributed by atoms with van der Waals surface area (Å²) in [4.78, 5) is 4.61. The zero-order valence-electron chi connectivity index (χ0n) is 16.5. The van der Waals surface area contributed by atoms with Crippen LogP contribution >= 0.6 is 24.0 Å². The Morgan fingerprint density at radius 3 is 2.67 bits per heavy atom. The molecule has 0 radical (unpaired) electrons. The molecule has 0 fully saturated rings. The van der Waals surface area contributed by atoms with Gasteiger partial charge in [0.2, 0.25) is 0 Å². The van der Waals surface area contributed by atoms with E-state index in [2.05, 4.69) is 41.5 Å². The van der Waals surface area contributed by atoms with Gasteiger partial charge in [-0.3, -0.25) is 0 Å². The van der Waals surface area contributed by atoms with Crippen molar-refractivity contribution >= 4 is 29.9 Å². The van der Waals surface area contributed by atoms with Crippen LogP contribution in [0.15, 0.2) is 47.6 Å². The lowest BCUT2D eigenvalue weighted by Gasteiger charge is -2.11. The van der Waals surface area contributed by atoms with Gasteiger partial charge in [-0.2, -0.15) is 5.10 Å². The Kier molecular flexibility index (Phi) is 11.8. The Morgan fingerprint density at radius 2 is 1.96 bits per heavy atom. The molecule has 7 heteroatoms. The molecule has 0 unspecified atom stereocenters. The molecule has 0 saturated heterocycles. The number of halogens is 1. The molecular weight excluding hydrogens is 453 g/mol. The van der Waals surface area contributed by atoms with E-state index in [0.29, 0.717) is 12.5 Å². The van der Waals surface area contributed by atoms with Crippen molar-refractivity contribution in [2.24, 2.45) is 10.9 Å². The van der Waals surface area contributed by atoms with Crippen molar-refractivity contribution in [2.75, 3.05) is 26.3 Å². The molecule has 150 valence electrons. The smallest absolute Gasteiger partial charge is 0.191 e. The Labute approximate surface area is 179 Å². The minimum atomic E-state index is 0. The molecule has 1 aromatic heterocycles. The summed E-state index contributed by atoms with van der Waals surface area (Å²) in [5, 5.41) is 11.2. The number of para-hydroxylation sites is 1. The van der Waals surface area contributed by atoms with Crippen LogP contribution in [-0.4, -0.2) is 42.0 Å². The SMILES string of the molecule is CCNC(=NCc1ccn(-c2ccccc2)n1)NCCCOCC(C)C.I. The number of rotatable bonds is 10. The lowest BCUT2D eigenvalue weighted by atomic mass is 10.2. The monoisotopic (exact) mass is 485 g/mol. The van der Waals surface area contributed by atoms with Gasteiger partial charge in [-0.25, -0.2) is 9.67 Å². The first-order valence-electron chi connectivity index (χ1n) is 9.39. The summed E-state index contributed by atoms with van der Waals surface area (Å²) >= 11 is 0. The number of nitrogens with zero attached hydrogens (tertiary/aromatic N) is 3. The van der Waals surface area contributed by atoms with Gasteiger partial charge < -0.3 is 15.4 Å². The summed E-state index contributed by atoms with van der Waals surface area (Å²) in [5.41, 5.74) is 1.99. The summed E-state index contributed by atoms with van der Waals surface area (Å²) in [6.45, 7) is 10.2. The van der Waals surface area contributed by atoms with E-state index in [1.54, 1.807) is 0 Å². The van der Waals surface area contributed by atoms with E-state index in [1.807, 2.05) is 47.3 Å². The molecule has 0 bridgehead atoms. The van der Waals surface area contributed by atoms with Gasteiger partial charge in [0.1, 0.15) is 0 Å². The number of guanidine groups is 1.